The Balaban J connectivity index is 1.88. The van der Waals surface area contributed by atoms with E-state index in [4.69, 9.17) is 0 Å². The van der Waals surface area contributed by atoms with Crippen molar-refractivity contribution >= 4 is 0 Å². The maximum Gasteiger partial charge on any atom is 0.0434 e. The van der Waals surface area contributed by atoms with Crippen molar-refractivity contribution in [3.8, 4) is 0 Å². The third-order valence-electron chi connectivity index (χ3n) is 3.72. The normalized spacial score (nSPS) is 12.2. The van der Waals surface area contributed by atoms with E-state index < -0.39 is 0 Å². The van der Waals surface area contributed by atoms with E-state index in [1.165, 1.54) is 43.5 Å². The molecule has 0 aliphatic rings. The second-order valence-electron chi connectivity index (χ2n) is 5.31. The molecule has 0 spiro atoms. The molecule has 2 aromatic rings. The van der Waals surface area contributed by atoms with Gasteiger partial charge < -0.3 is 0 Å². The van der Waals surface area contributed by atoms with Crippen molar-refractivity contribution < 1.29 is 0 Å². The van der Waals surface area contributed by atoms with E-state index in [1.54, 1.807) is 0 Å². The first-order valence-corrected chi connectivity index (χ1v) is 7.71. The van der Waals surface area contributed by atoms with Crippen LogP contribution in [0.1, 0.15) is 56.3 Å². The van der Waals surface area contributed by atoms with Crippen LogP contribution >= 0.6 is 0 Å². The van der Waals surface area contributed by atoms with Crippen LogP contribution in [0, 0.1) is 0 Å². The zero-order valence-electron chi connectivity index (χ0n) is 12.3. The largest absolute Gasteiger partial charge is 0.261 e. The highest BCUT2D eigenvalue weighted by atomic mass is 14.7. The smallest absolute Gasteiger partial charge is 0.0434 e. The first-order valence-electron chi connectivity index (χ1n) is 7.71. The summed E-state index contributed by atoms with van der Waals surface area (Å²) in [7, 11) is 0. The summed E-state index contributed by atoms with van der Waals surface area (Å²) >= 11 is 0. The van der Waals surface area contributed by atoms with Gasteiger partial charge in [0, 0.05) is 29.7 Å². The summed E-state index contributed by atoms with van der Waals surface area (Å²) in [6.07, 6.45) is 11.0. The zero-order valence-corrected chi connectivity index (χ0v) is 12.3. The quantitative estimate of drug-likeness (QED) is 0.689. The lowest BCUT2D eigenvalue weighted by Crippen LogP contribution is -2.03. The van der Waals surface area contributed by atoms with Gasteiger partial charge in [-0.05, 0) is 49.9 Å². The second kappa shape index (κ2) is 8.47. The molecule has 1 unspecified atom stereocenters. The van der Waals surface area contributed by atoms with E-state index >= 15 is 0 Å². The molecule has 20 heavy (non-hydrogen) atoms. The Hall–Kier alpha value is -1.70. The molecule has 2 aromatic heterocycles. The molecule has 2 rings (SSSR count). The lowest BCUT2D eigenvalue weighted by atomic mass is 9.92. The predicted molar refractivity (Wildman–Crippen MR) is 83.7 cm³/mol. The van der Waals surface area contributed by atoms with Crippen molar-refractivity contribution in [3.05, 3.63) is 60.2 Å². The van der Waals surface area contributed by atoms with E-state index in [9.17, 15) is 0 Å². The molecule has 0 aliphatic heterocycles. The van der Waals surface area contributed by atoms with Crippen LogP contribution in [0.25, 0.3) is 0 Å². The molecule has 0 amide bonds. The second-order valence-corrected chi connectivity index (χ2v) is 5.31. The van der Waals surface area contributed by atoms with Crippen LogP contribution in [0.5, 0.6) is 0 Å². The summed E-state index contributed by atoms with van der Waals surface area (Å²) in [6.45, 7) is 2.25. The van der Waals surface area contributed by atoms with E-state index in [-0.39, 0.29) is 0 Å². The fraction of sp³-hybridized carbons (Fsp3) is 0.444. The van der Waals surface area contributed by atoms with Gasteiger partial charge in [-0.2, -0.15) is 0 Å². The van der Waals surface area contributed by atoms with Gasteiger partial charge in [-0.1, -0.05) is 31.9 Å². The number of nitrogens with zero attached hydrogens (tertiary/aromatic N) is 2. The van der Waals surface area contributed by atoms with E-state index in [0.717, 1.165) is 6.42 Å². The molecule has 0 aliphatic carbocycles. The Morgan fingerprint density at radius 1 is 0.900 bits per heavy atom. The van der Waals surface area contributed by atoms with Crippen molar-refractivity contribution in [2.45, 2.75) is 51.4 Å². The van der Waals surface area contributed by atoms with Gasteiger partial charge in [-0.15, -0.1) is 0 Å². The van der Waals surface area contributed by atoms with Gasteiger partial charge >= 0.3 is 0 Å². The van der Waals surface area contributed by atoms with Crippen LogP contribution in [0.3, 0.4) is 0 Å². The minimum atomic E-state index is 0.597. The molecule has 2 nitrogen and oxygen atoms in total. The Morgan fingerprint density at radius 3 is 2.30 bits per heavy atom. The van der Waals surface area contributed by atoms with E-state index in [2.05, 4.69) is 41.2 Å². The SMILES string of the molecule is CCCCC(CCCc1ccccn1)c1ccccn1. The number of aromatic nitrogens is 2. The lowest BCUT2D eigenvalue weighted by molar-refractivity contribution is 0.517. The predicted octanol–water partition coefficient (Wildman–Crippen LogP) is 4.77. The molecular weight excluding hydrogens is 244 g/mol. The first kappa shape index (κ1) is 14.7. The molecule has 0 bridgehead atoms. The van der Waals surface area contributed by atoms with E-state index in [0.29, 0.717) is 5.92 Å². The molecule has 2 heterocycles. The van der Waals surface area contributed by atoms with Crippen molar-refractivity contribution in [2.24, 2.45) is 0 Å². The van der Waals surface area contributed by atoms with Gasteiger partial charge in [-0.3, -0.25) is 9.97 Å². The standard InChI is InChI=1S/C18H24N2/c1-2-3-9-16(18-13-5-7-15-20-18)10-8-12-17-11-4-6-14-19-17/h4-7,11,13-16H,2-3,8-10,12H2,1H3. The maximum atomic E-state index is 4.54. The summed E-state index contributed by atoms with van der Waals surface area (Å²) < 4.78 is 0. The summed E-state index contributed by atoms with van der Waals surface area (Å²) in [5.41, 5.74) is 2.45. The van der Waals surface area contributed by atoms with Gasteiger partial charge in [0.05, 0.1) is 0 Å². The van der Waals surface area contributed by atoms with Gasteiger partial charge in [0.15, 0.2) is 0 Å². The van der Waals surface area contributed by atoms with Crippen LogP contribution in [-0.4, -0.2) is 9.97 Å². The summed E-state index contributed by atoms with van der Waals surface area (Å²) in [5.74, 6) is 0.597. The molecule has 0 saturated heterocycles. The number of aryl methyl sites for hydroxylation is 1. The van der Waals surface area contributed by atoms with Crippen LogP contribution < -0.4 is 0 Å². The minimum absolute atomic E-state index is 0.597. The third-order valence-corrected chi connectivity index (χ3v) is 3.72. The average Bonchev–Trinajstić information content (AvgIpc) is 2.52. The molecule has 1 atom stereocenters. The summed E-state index contributed by atoms with van der Waals surface area (Å²) in [6, 6.07) is 12.4. The first-order chi connectivity index (χ1) is 9.90. The monoisotopic (exact) mass is 268 g/mol. The zero-order chi connectivity index (χ0) is 14.0. The van der Waals surface area contributed by atoms with Crippen molar-refractivity contribution in [2.75, 3.05) is 0 Å². The molecular formula is C18H24N2. The fourth-order valence-electron chi connectivity index (χ4n) is 2.58. The molecule has 0 radical (unpaired) electrons. The molecule has 0 saturated carbocycles. The van der Waals surface area contributed by atoms with Crippen LogP contribution in [0.15, 0.2) is 48.8 Å². The van der Waals surface area contributed by atoms with Crippen LogP contribution in [-0.2, 0) is 6.42 Å². The minimum Gasteiger partial charge on any atom is -0.261 e. The Bertz CT molecular complexity index is 467. The molecule has 2 heteroatoms. The highest BCUT2D eigenvalue weighted by Gasteiger charge is 2.12. The van der Waals surface area contributed by atoms with E-state index in [1.807, 2.05) is 24.5 Å². The van der Waals surface area contributed by atoms with Crippen LogP contribution in [0.2, 0.25) is 0 Å². The third kappa shape index (κ3) is 4.76. The highest BCUT2D eigenvalue weighted by Crippen LogP contribution is 2.25. The van der Waals surface area contributed by atoms with Crippen molar-refractivity contribution in [1.29, 1.82) is 0 Å². The Morgan fingerprint density at radius 2 is 1.65 bits per heavy atom. The number of hydrogen-bond donors (Lipinski definition) is 0. The number of hydrogen-bond acceptors (Lipinski definition) is 2. The molecule has 0 N–H and O–H groups in total. The number of unbranched alkanes of at least 4 members (excludes halogenated alkanes) is 1. The van der Waals surface area contributed by atoms with Crippen molar-refractivity contribution in [3.63, 3.8) is 0 Å². The topological polar surface area (TPSA) is 25.8 Å². The summed E-state index contributed by atoms with van der Waals surface area (Å²) in [4.78, 5) is 8.94. The Labute approximate surface area is 122 Å². The van der Waals surface area contributed by atoms with Crippen molar-refractivity contribution in [1.82, 2.24) is 9.97 Å². The summed E-state index contributed by atoms with van der Waals surface area (Å²) in [5, 5.41) is 0. The molecule has 0 aromatic carbocycles. The Kier molecular flexibility index (Phi) is 6.22. The molecule has 0 fully saturated rings. The number of pyridine rings is 2. The lowest BCUT2D eigenvalue weighted by Gasteiger charge is -2.15. The van der Waals surface area contributed by atoms with Gasteiger partial charge in [0.25, 0.3) is 0 Å². The molecule has 106 valence electrons. The van der Waals surface area contributed by atoms with Gasteiger partial charge in [0.1, 0.15) is 0 Å². The number of rotatable bonds is 8. The highest BCUT2D eigenvalue weighted by molar-refractivity contribution is 5.10. The fourth-order valence-corrected chi connectivity index (χ4v) is 2.58. The van der Waals surface area contributed by atoms with Gasteiger partial charge in [-0.25, -0.2) is 0 Å². The average molecular weight is 268 g/mol. The maximum absolute atomic E-state index is 4.54. The van der Waals surface area contributed by atoms with Gasteiger partial charge in [0.2, 0.25) is 0 Å². The van der Waals surface area contributed by atoms with Crippen LogP contribution in [0.4, 0.5) is 0 Å².